The third kappa shape index (κ3) is 3.64. The molecule has 4 nitrogen and oxygen atoms in total. The van der Waals surface area contributed by atoms with Gasteiger partial charge in [-0.3, -0.25) is 4.90 Å². The lowest BCUT2D eigenvalue weighted by atomic mass is 9.94. The summed E-state index contributed by atoms with van der Waals surface area (Å²) in [5, 5.41) is 0. The number of hydrogen-bond donors (Lipinski definition) is 1. The number of nitrogen functional groups attached to an aromatic ring is 1. The first-order valence-electron chi connectivity index (χ1n) is 7.35. The fourth-order valence-electron chi connectivity index (χ4n) is 2.87. The third-order valence-electron chi connectivity index (χ3n) is 4.01. The zero-order chi connectivity index (χ0) is 14.6. The minimum atomic E-state index is -0.0373. The normalized spacial score (nSPS) is 23.8. The van der Waals surface area contributed by atoms with Crippen LogP contribution < -0.4 is 10.5 Å². The monoisotopic (exact) mass is 278 g/mol. The van der Waals surface area contributed by atoms with Crippen molar-refractivity contribution in [1.82, 2.24) is 4.90 Å². The highest BCUT2D eigenvalue weighted by molar-refractivity contribution is 5.47. The molecule has 0 bridgehead atoms. The van der Waals surface area contributed by atoms with E-state index >= 15 is 0 Å². The van der Waals surface area contributed by atoms with E-state index in [2.05, 4.69) is 11.8 Å². The summed E-state index contributed by atoms with van der Waals surface area (Å²) in [6.07, 6.45) is 2.28. The van der Waals surface area contributed by atoms with E-state index in [1.165, 1.54) is 0 Å². The molecule has 20 heavy (non-hydrogen) atoms. The van der Waals surface area contributed by atoms with Crippen LogP contribution in [-0.4, -0.2) is 37.3 Å². The topological polar surface area (TPSA) is 47.7 Å². The van der Waals surface area contributed by atoms with E-state index in [9.17, 15) is 0 Å². The third-order valence-corrected chi connectivity index (χ3v) is 4.01. The number of anilines is 1. The molecule has 0 amide bonds. The van der Waals surface area contributed by atoms with Crippen LogP contribution in [0.3, 0.4) is 0 Å². The predicted octanol–water partition coefficient (Wildman–Crippen LogP) is 2.67. The summed E-state index contributed by atoms with van der Waals surface area (Å²) in [5.74, 6) is 0.936. The van der Waals surface area contributed by atoms with Gasteiger partial charge in [-0.2, -0.15) is 0 Å². The van der Waals surface area contributed by atoms with Crippen molar-refractivity contribution in [2.24, 2.45) is 0 Å². The first-order valence-corrected chi connectivity index (χ1v) is 7.35. The van der Waals surface area contributed by atoms with Crippen molar-refractivity contribution < 1.29 is 9.47 Å². The van der Waals surface area contributed by atoms with Crippen LogP contribution in [0.5, 0.6) is 5.75 Å². The molecular weight excluding hydrogens is 252 g/mol. The molecule has 1 aromatic carbocycles. The summed E-state index contributed by atoms with van der Waals surface area (Å²) in [4.78, 5) is 2.42. The van der Waals surface area contributed by atoms with Gasteiger partial charge in [-0.25, -0.2) is 0 Å². The minimum Gasteiger partial charge on any atom is -0.494 e. The zero-order valence-corrected chi connectivity index (χ0v) is 12.8. The van der Waals surface area contributed by atoms with Gasteiger partial charge in [0.15, 0.2) is 0 Å². The van der Waals surface area contributed by atoms with Gasteiger partial charge >= 0.3 is 0 Å². The zero-order valence-electron chi connectivity index (χ0n) is 12.8. The molecule has 1 heterocycles. The Morgan fingerprint density at radius 2 is 2.20 bits per heavy atom. The van der Waals surface area contributed by atoms with E-state index in [0.29, 0.717) is 6.61 Å². The molecule has 0 aliphatic carbocycles. The van der Waals surface area contributed by atoms with E-state index < -0.39 is 0 Å². The maximum atomic E-state index is 5.91. The summed E-state index contributed by atoms with van der Waals surface area (Å²) >= 11 is 0. The van der Waals surface area contributed by atoms with Gasteiger partial charge in [0.25, 0.3) is 0 Å². The maximum Gasteiger partial charge on any atom is 0.123 e. The number of rotatable bonds is 5. The maximum absolute atomic E-state index is 5.91. The average Bonchev–Trinajstić information content (AvgIpc) is 2.42. The Labute approximate surface area is 121 Å². The predicted molar refractivity (Wildman–Crippen MR) is 81.9 cm³/mol. The van der Waals surface area contributed by atoms with Crippen LogP contribution in [0.4, 0.5) is 5.69 Å². The number of nitrogens with zero attached hydrogens (tertiary/aromatic N) is 1. The van der Waals surface area contributed by atoms with Crippen molar-refractivity contribution in [3.63, 3.8) is 0 Å². The number of likely N-dealkylation sites (tertiary alicyclic amines) is 1. The van der Waals surface area contributed by atoms with Crippen LogP contribution in [0.25, 0.3) is 0 Å². The first-order chi connectivity index (χ1) is 9.56. The summed E-state index contributed by atoms with van der Waals surface area (Å²) in [5.41, 5.74) is 7.82. The molecule has 4 heteroatoms. The highest BCUT2D eigenvalue weighted by Gasteiger charge is 2.30. The van der Waals surface area contributed by atoms with E-state index in [1.54, 1.807) is 7.11 Å². The summed E-state index contributed by atoms with van der Waals surface area (Å²) in [6.45, 7) is 7.76. The number of benzene rings is 1. The quantitative estimate of drug-likeness (QED) is 0.841. The van der Waals surface area contributed by atoms with E-state index in [0.717, 1.165) is 49.5 Å². The van der Waals surface area contributed by atoms with Gasteiger partial charge in [0.1, 0.15) is 5.75 Å². The fraction of sp³-hybridized carbons (Fsp3) is 0.625. The molecular formula is C16H26N2O2. The second-order valence-corrected chi connectivity index (χ2v) is 5.77. The van der Waals surface area contributed by atoms with Gasteiger partial charge in [0.2, 0.25) is 0 Å². The van der Waals surface area contributed by atoms with Gasteiger partial charge in [-0.05, 0) is 51.4 Å². The van der Waals surface area contributed by atoms with E-state index in [4.69, 9.17) is 15.2 Å². The largest absolute Gasteiger partial charge is 0.494 e. The smallest absolute Gasteiger partial charge is 0.123 e. The van der Waals surface area contributed by atoms with E-state index in [1.807, 2.05) is 25.1 Å². The number of piperidine rings is 1. The molecule has 1 saturated heterocycles. The van der Waals surface area contributed by atoms with Crippen molar-refractivity contribution in [3.05, 3.63) is 23.8 Å². The van der Waals surface area contributed by atoms with Crippen LogP contribution >= 0.6 is 0 Å². The summed E-state index contributed by atoms with van der Waals surface area (Å²) < 4.78 is 11.3. The fourth-order valence-corrected chi connectivity index (χ4v) is 2.87. The Morgan fingerprint density at radius 3 is 2.90 bits per heavy atom. The van der Waals surface area contributed by atoms with Crippen molar-refractivity contribution in [3.8, 4) is 5.75 Å². The van der Waals surface area contributed by atoms with Crippen molar-refractivity contribution in [2.45, 2.75) is 38.8 Å². The highest BCUT2D eigenvalue weighted by atomic mass is 16.5. The minimum absolute atomic E-state index is 0.0373. The Kier molecular flexibility index (Phi) is 4.89. The van der Waals surface area contributed by atoms with Crippen molar-refractivity contribution >= 4 is 5.69 Å². The van der Waals surface area contributed by atoms with Crippen molar-refractivity contribution in [1.29, 1.82) is 0 Å². The standard InChI is InChI=1S/C16H26N2O2/c1-4-20-15-7-6-14(17)10-13(15)11-18-9-5-8-16(2,12-18)19-3/h6-7,10H,4-5,8-9,11-12,17H2,1-3H3. The lowest BCUT2D eigenvalue weighted by molar-refractivity contribution is -0.0528. The molecule has 2 rings (SSSR count). The van der Waals surface area contributed by atoms with Gasteiger partial charge in [0, 0.05) is 31.5 Å². The molecule has 1 aliphatic rings. The molecule has 2 N–H and O–H groups in total. The van der Waals surface area contributed by atoms with Crippen LogP contribution in [0.15, 0.2) is 18.2 Å². The van der Waals surface area contributed by atoms with Crippen LogP contribution in [-0.2, 0) is 11.3 Å². The molecule has 0 radical (unpaired) electrons. The second kappa shape index (κ2) is 6.46. The Bertz CT molecular complexity index is 450. The molecule has 112 valence electrons. The van der Waals surface area contributed by atoms with E-state index in [-0.39, 0.29) is 5.60 Å². The molecule has 1 unspecified atom stereocenters. The highest BCUT2D eigenvalue weighted by Crippen LogP contribution is 2.28. The lowest BCUT2D eigenvalue weighted by Crippen LogP contribution is -2.46. The number of hydrogen-bond acceptors (Lipinski definition) is 4. The number of nitrogens with two attached hydrogens (primary N) is 1. The molecule has 0 aromatic heterocycles. The molecule has 0 spiro atoms. The Morgan fingerprint density at radius 1 is 1.40 bits per heavy atom. The first kappa shape index (κ1) is 15.1. The van der Waals surface area contributed by atoms with Gasteiger partial charge < -0.3 is 15.2 Å². The van der Waals surface area contributed by atoms with Crippen LogP contribution in [0, 0.1) is 0 Å². The lowest BCUT2D eigenvalue weighted by Gasteiger charge is -2.39. The van der Waals surface area contributed by atoms with Crippen molar-refractivity contribution in [2.75, 3.05) is 32.5 Å². The molecule has 1 aliphatic heterocycles. The summed E-state index contributed by atoms with van der Waals surface area (Å²) in [6, 6.07) is 5.88. The Balaban J connectivity index is 2.10. The van der Waals surface area contributed by atoms with Gasteiger partial charge in [0.05, 0.1) is 12.2 Å². The number of methoxy groups -OCH3 is 1. The number of ether oxygens (including phenoxy) is 2. The Hall–Kier alpha value is -1.26. The second-order valence-electron chi connectivity index (χ2n) is 5.77. The van der Waals surface area contributed by atoms with Crippen LogP contribution in [0.1, 0.15) is 32.3 Å². The summed E-state index contributed by atoms with van der Waals surface area (Å²) in [7, 11) is 1.80. The SMILES string of the molecule is CCOc1ccc(N)cc1CN1CCCC(C)(OC)C1. The average molecular weight is 278 g/mol. The van der Waals surface area contributed by atoms with Crippen LogP contribution in [0.2, 0.25) is 0 Å². The van der Waals surface area contributed by atoms with Gasteiger partial charge in [-0.1, -0.05) is 0 Å². The molecule has 0 saturated carbocycles. The molecule has 1 aromatic rings. The molecule has 1 fully saturated rings. The molecule has 1 atom stereocenters. The van der Waals surface area contributed by atoms with Gasteiger partial charge in [-0.15, -0.1) is 0 Å².